The molecule has 204 valence electrons. The summed E-state index contributed by atoms with van der Waals surface area (Å²) in [7, 11) is 3.87. The van der Waals surface area contributed by atoms with Gasteiger partial charge in [0.25, 0.3) is 11.8 Å². The van der Waals surface area contributed by atoms with Crippen LogP contribution in [0, 0.1) is 0 Å². The highest BCUT2D eigenvalue weighted by Gasteiger charge is 2.27. The zero-order valence-electron chi connectivity index (χ0n) is 21.5. The number of nitrogens with zero attached hydrogens (tertiary/aromatic N) is 3. The second kappa shape index (κ2) is 12.8. The predicted octanol–water partition coefficient (Wildman–Crippen LogP) is 4.03. The first kappa shape index (κ1) is 28.2. The summed E-state index contributed by atoms with van der Waals surface area (Å²) < 4.78 is 0. The number of anilines is 3. The number of H-pyrrole nitrogens is 1. The Hall–Kier alpha value is -3.86. The first-order valence-electron chi connectivity index (χ1n) is 12.3. The molecule has 1 aliphatic rings. The molecular weight excluding hydrogens is 541 g/mol. The molecule has 1 unspecified atom stereocenters. The van der Waals surface area contributed by atoms with E-state index >= 15 is 0 Å². The predicted molar refractivity (Wildman–Crippen MR) is 154 cm³/mol. The number of benzene rings is 2. The number of nitrogens with one attached hydrogen (secondary N) is 4. The van der Waals surface area contributed by atoms with Crippen molar-refractivity contribution in [1.82, 2.24) is 20.4 Å². The van der Waals surface area contributed by atoms with E-state index in [0.29, 0.717) is 18.8 Å². The number of aromatic nitrogens is 2. The zero-order valence-corrected chi connectivity index (χ0v) is 23.0. The van der Waals surface area contributed by atoms with E-state index in [1.54, 1.807) is 24.3 Å². The van der Waals surface area contributed by atoms with Crippen molar-refractivity contribution in [2.75, 3.05) is 49.3 Å². The fourth-order valence-corrected chi connectivity index (χ4v) is 4.70. The highest BCUT2D eigenvalue weighted by atomic mass is 35.5. The van der Waals surface area contributed by atoms with Gasteiger partial charge >= 0.3 is 0 Å². The number of halogens is 2. The number of carbonyl (C=O) groups is 3. The Morgan fingerprint density at radius 3 is 2.49 bits per heavy atom. The minimum atomic E-state index is -0.544. The number of amides is 3. The van der Waals surface area contributed by atoms with Crippen LogP contribution >= 0.6 is 23.2 Å². The van der Waals surface area contributed by atoms with Crippen LogP contribution < -0.4 is 20.9 Å². The molecule has 3 amide bonds. The first-order chi connectivity index (χ1) is 18.7. The number of hydrogen-bond acceptors (Lipinski definition) is 6. The molecule has 4 rings (SSSR count). The highest BCUT2D eigenvalue weighted by molar-refractivity contribution is 6.40. The summed E-state index contributed by atoms with van der Waals surface area (Å²) in [5.41, 5.74) is 2.15. The minimum absolute atomic E-state index is 0.108. The van der Waals surface area contributed by atoms with Crippen LogP contribution in [0.1, 0.15) is 27.3 Å². The summed E-state index contributed by atoms with van der Waals surface area (Å²) in [4.78, 5) is 41.9. The molecule has 1 fully saturated rings. The average molecular weight is 570 g/mol. The molecule has 12 heteroatoms. The third-order valence-electron chi connectivity index (χ3n) is 6.07. The number of aromatic amines is 1. The van der Waals surface area contributed by atoms with Crippen molar-refractivity contribution in [3.63, 3.8) is 0 Å². The van der Waals surface area contributed by atoms with Crippen molar-refractivity contribution in [1.29, 1.82) is 0 Å². The first-order valence-corrected chi connectivity index (χ1v) is 13.0. The van der Waals surface area contributed by atoms with Crippen LogP contribution in [-0.2, 0) is 4.79 Å². The molecule has 0 spiro atoms. The van der Waals surface area contributed by atoms with Gasteiger partial charge in [0.15, 0.2) is 0 Å². The summed E-state index contributed by atoms with van der Waals surface area (Å²) >= 11 is 12.3. The number of rotatable bonds is 9. The van der Waals surface area contributed by atoms with Crippen LogP contribution in [0.3, 0.4) is 0 Å². The van der Waals surface area contributed by atoms with Gasteiger partial charge in [0, 0.05) is 43.1 Å². The zero-order chi connectivity index (χ0) is 27.9. The van der Waals surface area contributed by atoms with Crippen molar-refractivity contribution >= 4 is 58.0 Å². The Kier molecular flexibility index (Phi) is 9.23. The minimum Gasteiger partial charge on any atom is -0.369 e. The SMILES string of the molecule is CN(C)C/C=C/C(=O)Nc1ccc(N2CCC(NC(=O)c3[nH]ncc3NC(=O)c3c(Cl)cccc3Cl)C2)cc1. The quantitative estimate of drug-likeness (QED) is 0.288. The molecule has 1 aliphatic heterocycles. The number of hydrogen-bond donors (Lipinski definition) is 4. The van der Waals surface area contributed by atoms with E-state index in [4.69, 9.17) is 23.2 Å². The molecule has 0 bridgehead atoms. The monoisotopic (exact) mass is 569 g/mol. The Labute approximate surface area is 236 Å². The molecule has 1 saturated heterocycles. The topological polar surface area (TPSA) is 122 Å². The third-order valence-corrected chi connectivity index (χ3v) is 6.70. The maximum absolute atomic E-state index is 13.0. The second-order valence-corrected chi connectivity index (χ2v) is 10.1. The molecule has 1 aromatic heterocycles. The van der Waals surface area contributed by atoms with Gasteiger partial charge in [-0.3, -0.25) is 19.5 Å². The number of likely N-dealkylation sites (N-methyl/N-ethyl adjacent to an activating group) is 1. The van der Waals surface area contributed by atoms with E-state index in [0.717, 1.165) is 18.7 Å². The Morgan fingerprint density at radius 1 is 1.08 bits per heavy atom. The molecule has 0 radical (unpaired) electrons. The van der Waals surface area contributed by atoms with Gasteiger partial charge in [-0.25, -0.2) is 0 Å². The average Bonchev–Trinajstić information content (AvgIpc) is 3.54. The molecule has 4 N–H and O–H groups in total. The van der Waals surface area contributed by atoms with Gasteiger partial charge in [-0.15, -0.1) is 0 Å². The fourth-order valence-electron chi connectivity index (χ4n) is 4.13. The normalized spacial score (nSPS) is 15.1. The second-order valence-electron chi connectivity index (χ2n) is 9.32. The molecule has 2 aromatic carbocycles. The summed E-state index contributed by atoms with van der Waals surface area (Å²) in [6, 6.07) is 12.2. The van der Waals surface area contributed by atoms with Crippen LogP contribution in [0.25, 0.3) is 0 Å². The molecule has 10 nitrogen and oxygen atoms in total. The summed E-state index contributed by atoms with van der Waals surface area (Å²) in [6.07, 6.45) is 5.42. The molecule has 39 heavy (non-hydrogen) atoms. The lowest BCUT2D eigenvalue weighted by atomic mass is 10.2. The largest absolute Gasteiger partial charge is 0.369 e. The smallest absolute Gasteiger partial charge is 0.271 e. The van der Waals surface area contributed by atoms with Gasteiger partial charge in [-0.05, 0) is 56.9 Å². The van der Waals surface area contributed by atoms with Crippen LogP contribution in [0.15, 0.2) is 60.8 Å². The van der Waals surface area contributed by atoms with Crippen molar-refractivity contribution < 1.29 is 14.4 Å². The molecule has 1 atom stereocenters. The van der Waals surface area contributed by atoms with E-state index < -0.39 is 5.91 Å². The summed E-state index contributed by atoms with van der Waals surface area (Å²) in [5.74, 6) is -1.12. The van der Waals surface area contributed by atoms with Crippen molar-refractivity contribution in [3.8, 4) is 0 Å². The Bertz CT molecular complexity index is 1350. The van der Waals surface area contributed by atoms with Crippen LogP contribution in [0.4, 0.5) is 17.1 Å². The van der Waals surface area contributed by atoms with E-state index in [9.17, 15) is 14.4 Å². The Morgan fingerprint density at radius 2 is 1.79 bits per heavy atom. The molecule has 2 heterocycles. The molecule has 0 aliphatic carbocycles. The summed E-state index contributed by atoms with van der Waals surface area (Å²) in [6.45, 7) is 2.05. The molecular formula is C27H29Cl2N7O3. The maximum Gasteiger partial charge on any atom is 0.271 e. The molecule has 3 aromatic rings. The van der Waals surface area contributed by atoms with Crippen LogP contribution in [0.2, 0.25) is 10.0 Å². The highest BCUT2D eigenvalue weighted by Crippen LogP contribution is 2.26. The lowest BCUT2D eigenvalue weighted by Crippen LogP contribution is -2.37. The van der Waals surface area contributed by atoms with Crippen molar-refractivity contribution in [2.24, 2.45) is 0 Å². The van der Waals surface area contributed by atoms with Crippen molar-refractivity contribution in [2.45, 2.75) is 12.5 Å². The Balaban J connectivity index is 1.31. The third kappa shape index (κ3) is 7.38. The fraction of sp³-hybridized carbons (Fsp3) is 0.259. The van der Waals surface area contributed by atoms with Crippen LogP contribution in [-0.4, -0.2) is 72.6 Å². The van der Waals surface area contributed by atoms with Gasteiger partial charge < -0.3 is 25.8 Å². The maximum atomic E-state index is 13.0. The molecule has 0 saturated carbocycles. The van der Waals surface area contributed by atoms with E-state index in [-0.39, 0.29) is 44.8 Å². The summed E-state index contributed by atoms with van der Waals surface area (Å²) in [5, 5.41) is 15.5. The van der Waals surface area contributed by atoms with Gasteiger partial charge in [0.2, 0.25) is 5.91 Å². The van der Waals surface area contributed by atoms with E-state index in [1.807, 2.05) is 43.3 Å². The van der Waals surface area contributed by atoms with Gasteiger partial charge in [0.1, 0.15) is 5.69 Å². The van der Waals surface area contributed by atoms with E-state index in [1.165, 1.54) is 12.3 Å². The van der Waals surface area contributed by atoms with Crippen molar-refractivity contribution in [3.05, 3.63) is 82.1 Å². The van der Waals surface area contributed by atoms with Crippen LogP contribution in [0.5, 0.6) is 0 Å². The standard InChI is InChI=1S/C27H29Cl2N7O3/c1-35(2)13-4-7-23(37)31-17-8-10-19(11-9-17)36-14-12-18(16-36)32-27(39)25-22(15-30-34-25)33-26(38)24-20(28)5-3-6-21(24)29/h3-11,15,18H,12-14,16H2,1-2H3,(H,30,34)(H,31,37)(H,32,39)(H,33,38)/b7-4+. The lowest BCUT2D eigenvalue weighted by Gasteiger charge is -2.19. The lowest BCUT2D eigenvalue weighted by molar-refractivity contribution is -0.111. The van der Waals surface area contributed by atoms with E-state index in [2.05, 4.69) is 31.0 Å². The van der Waals surface area contributed by atoms with Gasteiger partial charge in [-0.1, -0.05) is 35.3 Å². The van der Waals surface area contributed by atoms with Gasteiger partial charge in [0.05, 0.1) is 27.5 Å². The number of carbonyl (C=O) groups excluding carboxylic acids is 3. The van der Waals surface area contributed by atoms with Gasteiger partial charge in [-0.2, -0.15) is 5.10 Å².